The van der Waals surface area contributed by atoms with Gasteiger partial charge in [0, 0.05) is 6.07 Å². The van der Waals surface area contributed by atoms with Crippen LogP contribution in [0.25, 0.3) is 0 Å². The summed E-state index contributed by atoms with van der Waals surface area (Å²) in [5.41, 5.74) is 2.12. The van der Waals surface area contributed by atoms with Crippen molar-refractivity contribution < 1.29 is 0 Å². The van der Waals surface area contributed by atoms with Crippen molar-refractivity contribution in [1.29, 1.82) is 0 Å². The Morgan fingerprint density at radius 1 is 1.14 bits per heavy atom. The first-order valence-corrected chi connectivity index (χ1v) is 5.36. The highest BCUT2D eigenvalue weighted by Crippen LogP contribution is 2.27. The Hall–Kier alpha value is -0.860. The number of hydrogen-bond acceptors (Lipinski definition) is 1. The molecule has 0 bridgehead atoms. The van der Waals surface area contributed by atoms with Crippen LogP contribution in [0.15, 0.2) is 24.3 Å². The van der Waals surface area contributed by atoms with Gasteiger partial charge in [0.25, 0.3) is 0 Å². The zero-order chi connectivity index (χ0) is 10.0. The lowest BCUT2D eigenvalue weighted by Gasteiger charge is -2.44. The van der Waals surface area contributed by atoms with Crippen LogP contribution in [0.5, 0.6) is 0 Å². The second kappa shape index (κ2) is 3.71. The highest BCUT2D eigenvalue weighted by molar-refractivity contribution is 5.46. The van der Waals surface area contributed by atoms with Gasteiger partial charge in [0.1, 0.15) is 5.69 Å². The molecule has 0 atom stereocenters. The van der Waals surface area contributed by atoms with Crippen LogP contribution in [0.4, 0.5) is 5.69 Å². The van der Waals surface area contributed by atoms with Gasteiger partial charge in [0.15, 0.2) is 0 Å². The zero-order valence-corrected chi connectivity index (χ0v) is 8.70. The Balaban J connectivity index is 2.28. The van der Waals surface area contributed by atoms with Gasteiger partial charge >= 0.3 is 0 Å². The lowest BCUT2D eigenvalue weighted by atomic mass is 10.1. The molecule has 1 aliphatic heterocycles. The molecule has 2 nitrogen and oxygen atoms in total. The first-order chi connectivity index (χ1) is 6.71. The predicted molar refractivity (Wildman–Crippen MR) is 59.9 cm³/mol. The number of aryl methyl sites for hydroxylation is 1. The van der Waals surface area contributed by atoms with Crippen LogP contribution < -0.4 is 4.65 Å². The molecule has 14 heavy (non-hydrogen) atoms. The minimum Gasteiger partial charge on any atom is -0.627 e. The summed E-state index contributed by atoms with van der Waals surface area (Å²) in [5, 5.41) is 12.4. The van der Waals surface area contributed by atoms with Gasteiger partial charge in [-0.25, -0.2) is 0 Å². The summed E-state index contributed by atoms with van der Waals surface area (Å²) in [5.74, 6) is 0. The third kappa shape index (κ3) is 1.81. The van der Waals surface area contributed by atoms with E-state index in [2.05, 4.69) is 0 Å². The maximum absolute atomic E-state index is 12.4. The zero-order valence-electron chi connectivity index (χ0n) is 8.70. The van der Waals surface area contributed by atoms with E-state index in [1.165, 1.54) is 12.0 Å². The number of piperidine rings is 1. The maximum atomic E-state index is 12.4. The lowest BCUT2D eigenvalue weighted by Crippen LogP contribution is -2.47. The van der Waals surface area contributed by atoms with E-state index < -0.39 is 0 Å². The van der Waals surface area contributed by atoms with E-state index in [-0.39, 0.29) is 4.65 Å². The molecule has 0 saturated carbocycles. The molecule has 1 aromatic rings. The van der Waals surface area contributed by atoms with Crippen molar-refractivity contribution in [1.82, 2.24) is 4.65 Å². The second-order valence-electron chi connectivity index (χ2n) is 4.24. The van der Waals surface area contributed by atoms with Crippen LogP contribution in [0.1, 0.15) is 24.8 Å². The van der Waals surface area contributed by atoms with Crippen molar-refractivity contribution in [3.05, 3.63) is 35.0 Å². The third-order valence-electron chi connectivity index (χ3n) is 3.01. The maximum Gasteiger partial charge on any atom is 0.133 e. The second-order valence-corrected chi connectivity index (χ2v) is 4.24. The average Bonchev–Trinajstić information content (AvgIpc) is 2.19. The van der Waals surface area contributed by atoms with Crippen LogP contribution in [0.2, 0.25) is 0 Å². The summed E-state index contributed by atoms with van der Waals surface area (Å²) in [4.78, 5) is 0. The third-order valence-corrected chi connectivity index (χ3v) is 3.01. The number of rotatable bonds is 1. The van der Waals surface area contributed by atoms with E-state index >= 15 is 0 Å². The van der Waals surface area contributed by atoms with E-state index in [0.29, 0.717) is 0 Å². The Labute approximate surface area is 85.3 Å². The first kappa shape index (κ1) is 9.69. The minimum atomic E-state index is -0.109. The lowest BCUT2D eigenvalue weighted by molar-refractivity contribution is 0.307. The molecular formula is C12H17NO. The Morgan fingerprint density at radius 2 is 1.86 bits per heavy atom. The number of benzene rings is 1. The molecule has 2 heteroatoms. The quantitative estimate of drug-likeness (QED) is 0.494. The van der Waals surface area contributed by atoms with E-state index in [0.717, 1.165) is 31.6 Å². The highest BCUT2D eigenvalue weighted by Gasteiger charge is 2.23. The van der Waals surface area contributed by atoms with Crippen molar-refractivity contribution in [2.24, 2.45) is 0 Å². The molecule has 76 valence electrons. The predicted octanol–water partition coefficient (Wildman–Crippen LogP) is 2.98. The fourth-order valence-corrected chi connectivity index (χ4v) is 2.16. The SMILES string of the molecule is Cc1cccc([N+]2([O-])CCCCC2)c1. The van der Waals surface area contributed by atoms with Crippen LogP contribution >= 0.6 is 0 Å². The van der Waals surface area contributed by atoms with Crippen molar-refractivity contribution in [2.75, 3.05) is 13.1 Å². The molecule has 1 heterocycles. The fourth-order valence-electron chi connectivity index (χ4n) is 2.16. The minimum absolute atomic E-state index is 0.109. The first-order valence-electron chi connectivity index (χ1n) is 5.36. The Bertz CT molecular complexity index is 316. The molecule has 0 N–H and O–H groups in total. The van der Waals surface area contributed by atoms with Crippen LogP contribution in [0.3, 0.4) is 0 Å². The summed E-state index contributed by atoms with van der Waals surface area (Å²) in [7, 11) is 0. The van der Waals surface area contributed by atoms with E-state index in [1.54, 1.807) is 0 Å². The summed E-state index contributed by atoms with van der Waals surface area (Å²) in [6, 6.07) is 8.01. The number of nitrogens with zero attached hydrogens (tertiary/aromatic N) is 1. The molecule has 0 radical (unpaired) electrons. The largest absolute Gasteiger partial charge is 0.627 e. The fraction of sp³-hybridized carbons (Fsp3) is 0.500. The molecule has 1 aromatic carbocycles. The van der Waals surface area contributed by atoms with Crippen molar-refractivity contribution in [3.8, 4) is 0 Å². The van der Waals surface area contributed by atoms with Gasteiger partial charge in [-0.3, -0.25) is 0 Å². The normalized spacial score (nSPS) is 20.7. The van der Waals surface area contributed by atoms with Crippen molar-refractivity contribution >= 4 is 5.69 Å². The van der Waals surface area contributed by atoms with Gasteiger partial charge in [0.05, 0.1) is 13.1 Å². The molecule has 0 aromatic heterocycles. The summed E-state index contributed by atoms with van der Waals surface area (Å²) >= 11 is 0. The molecule has 1 saturated heterocycles. The molecular weight excluding hydrogens is 174 g/mol. The van der Waals surface area contributed by atoms with Crippen LogP contribution in [-0.2, 0) is 0 Å². The van der Waals surface area contributed by atoms with Crippen LogP contribution in [-0.4, -0.2) is 13.1 Å². The van der Waals surface area contributed by atoms with Gasteiger partial charge < -0.3 is 9.85 Å². The van der Waals surface area contributed by atoms with Crippen molar-refractivity contribution in [2.45, 2.75) is 26.2 Å². The van der Waals surface area contributed by atoms with E-state index in [9.17, 15) is 5.21 Å². The van der Waals surface area contributed by atoms with Gasteiger partial charge in [-0.05, 0) is 37.8 Å². The van der Waals surface area contributed by atoms with E-state index in [1.807, 2.05) is 31.2 Å². The summed E-state index contributed by atoms with van der Waals surface area (Å²) < 4.78 is -0.109. The van der Waals surface area contributed by atoms with Crippen molar-refractivity contribution in [3.63, 3.8) is 0 Å². The molecule has 0 unspecified atom stereocenters. The number of hydroxylamine groups is 2. The Kier molecular flexibility index (Phi) is 2.57. The molecule has 1 aliphatic rings. The highest BCUT2D eigenvalue weighted by atomic mass is 16.5. The molecule has 0 spiro atoms. The van der Waals surface area contributed by atoms with Gasteiger partial charge in [-0.15, -0.1) is 0 Å². The topological polar surface area (TPSA) is 23.1 Å². The van der Waals surface area contributed by atoms with Gasteiger partial charge in [0.2, 0.25) is 0 Å². The van der Waals surface area contributed by atoms with Gasteiger partial charge in [-0.2, -0.15) is 0 Å². The summed E-state index contributed by atoms with van der Waals surface area (Å²) in [6.07, 6.45) is 3.35. The molecule has 0 aliphatic carbocycles. The van der Waals surface area contributed by atoms with E-state index in [4.69, 9.17) is 0 Å². The standard InChI is InChI=1S/C12H17NO/c1-11-6-5-7-12(10-11)13(14)8-3-2-4-9-13/h5-7,10H,2-4,8-9H2,1H3. The van der Waals surface area contributed by atoms with Crippen LogP contribution in [0, 0.1) is 12.1 Å². The van der Waals surface area contributed by atoms with Gasteiger partial charge in [-0.1, -0.05) is 12.1 Å². The number of quaternary nitrogens is 1. The monoisotopic (exact) mass is 191 g/mol. The molecule has 2 rings (SSSR count). The summed E-state index contributed by atoms with van der Waals surface area (Å²) in [6.45, 7) is 3.55. The average molecular weight is 191 g/mol. The Morgan fingerprint density at radius 3 is 2.50 bits per heavy atom. The smallest absolute Gasteiger partial charge is 0.133 e. The molecule has 1 fully saturated rings. The number of hydrogen-bond donors (Lipinski definition) is 0. The molecule has 0 amide bonds.